The van der Waals surface area contributed by atoms with Gasteiger partial charge in [-0.05, 0) is 43.7 Å². The molecule has 1 aromatic carbocycles. The number of carbonyl (C=O) groups is 1. The molecule has 0 radical (unpaired) electrons. The Labute approximate surface area is 150 Å². The number of nitrogens with two attached hydrogens (primary N) is 1. The van der Waals surface area contributed by atoms with Gasteiger partial charge in [-0.25, -0.2) is 0 Å². The molecule has 1 aromatic rings. The van der Waals surface area contributed by atoms with Crippen LogP contribution in [0.3, 0.4) is 0 Å². The van der Waals surface area contributed by atoms with E-state index >= 15 is 0 Å². The molecule has 2 fully saturated rings. The van der Waals surface area contributed by atoms with Gasteiger partial charge in [-0.3, -0.25) is 4.79 Å². The zero-order valence-electron chi connectivity index (χ0n) is 15.5. The first-order valence-corrected chi connectivity index (χ1v) is 9.21. The highest BCUT2D eigenvalue weighted by Gasteiger charge is 2.31. The van der Waals surface area contributed by atoms with Gasteiger partial charge >= 0.3 is 0 Å². The van der Waals surface area contributed by atoms with E-state index in [1.165, 1.54) is 12.8 Å². The van der Waals surface area contributed by atoms with Gasteiger partial charge in [-0.15, -0.1) is 0 Å². The van der Waals surface area contributed by atoms with Gasteiger partial charge in [0.2, 0.25) is 0 Å². The Hall–Kier alpha value is -1.95. The molecule has 0 unspecified atom stereocenters. The summed E-state index contributed by atoms with van der Waals surface area (Å²) >= 11 is 0. The summed E-state index contributed by atoms with van der Waals surface area (Å²) in [6.45, 7) is 3.87. The topological polar surface area (TPSA) is 79.6 Å². The number of methoxy groups -OCH3 is 1. The van der Waals surface area contributed by atoms with Crippen LogP contribution < -0.4 is 21.3 Å². The fraction of sp³-hybridized carbons (Fsp3) is 0.632. The molecule has 6 nitrogen and oxygen atoms in total. The van der Waals surface area contributed by atoms with Crippen LogP contribution in [0, 0.1) is 5.92 Å². The Morgan fingerprint density at radius 3 is 2.52 bits per heavy atom. The minimum atomic E-state index is -0.0234. The average Bonchev–Trinajstić information content (AvgIpc) is 2.56. The Morgan fingerprint density at radius 1 is 1.24 bits per heavy atom. The maximum absolute atomic E-state index is 12.9. The van der Waals surface area contributed by atoms with Crippen LogP contribution in [0.1, 0.15) is 43.0 Å². The van der Waals surface area contributed by atoms with Crippen LogP contribution in [-0.2, 0) is 4.74 Å². The average molecular weight is 346 g/mol. The molecule has 25 heavy (non-hydrogen) atoms. The van der Waals surface area contributed by atoms with Gasteiger partial charge in [-0.2, -0.15) is 0 Å². The molecule has 6 heteroatoms. The van der Waals surface area contributed by atoms with Crippen LogP contribution in [0.2, 0.25) is 0 Å². The zero-order valence-corrected chi connectivity index (χ0v) is 15.5. The van der Waals surface area contributed by atoms with E-state index in [4.69, 9.17) is 10.5 Å². The monoisotopic (exact) mass is 346 g/mol. The SMILES string of the molecule is CNc1cc(N2CC(OC)C2)c(C(=O)NC2CCC(C)CC2)cc1N. The normalized spacial score (nSPS) is 23.9. The number of ether oxygens (including phenoxy) is 1. The molecular formula is C19H30N4O2. The summed E-state index contributed by atoms with van der Waals surface area (Å²) in [5.41, 5.74) is 9.14. The van der Waals surface area contributed by atoms with Crippen molar-refractivity contribution in [2.75, 3.05) is 43.2 Å². The Morgan fingerprint density at radius 2 is 1.92 bits per heavy atom. The number of rotatable bonds is 5. The van der Waals surface area contributed by atoms with Gasteiger partial charge in [0, 0.05) is 33.3 Å². The highest BCUT2D eigenvalue weighted by atomic mass is 16.5. The van der Waals surface area contributed by atoms with Crippen LogP contribution in [0.15, 0.2) is 12.1 Å². The summed E-state index contributed by atoms with van der Waals surface area (Å²) in [6, 6.07) is 4.03. The first-order valence-electron chi connectivity index (χ1n) is 9.21. The van der Waals surface area contributed by atoms with E-state index < -0.39 is 0 Å². The molecule has 0 atom stereocenters. The highest BCUT2D eigenvalue weighted by Crippen LogP contribution is 2.33. The summed E-state index contributed by atoms with van der Waals surface area (Å²) in [6.07, 6.45) is 4.70. The zero-order chi connectivity index (χ0) is 18.0. The van der Waals surface area contributed by atoms with Gasteiger partial charge in [0.25, 0.3) is 5.91 Å². The molecule has 1 amide bonds. The molecule has 3 rings (SSSR count). The number of nitrogen functional groups attached to an aromatic ring is 1. The largest absolute Gasteiger partial charge is 0.397 e. The van der Waals surface area contributed by atoms with Crippen molar-refractivity contribution < 1.29 is 9.53 Å². The van der Waals surface area contributed by atoms with E-state index in [0.29, 0.717) is 11.3 Å². The summed E-state index contributed by atoms with van der Waals surface area (Å²) < 4.78 is 5.37. The predicted octanol–water partition coefficient (Wildman–Crippen LogP) is 2.45. The van der Waals surface area contributed by atoms with E-state index in [0.717, 1.165) is 43.2 Å². The quantitative estimate of drug-likeness (QED) is 0.714. The van der Waals surface area contributed by atoms with E-state index in [1.807, 2.05) is 13.1 Å². The number of anilines is 3. The van der Waals surface area contributed by atoms with Crippen LogP contribution in [0.25, 0.3) is 0 Å². The van der Waals surface area contributed by atoms with Gasteiger partial charge in [-0.1, -0.05) is 6.92 Å². The van der Waals surface area contributed by atoms with Crippen molar-refractivity contribution in [3.63, 3.8) is 0 Å². The molecule has 4 N–H and O–H groups in total. The minimum Gasteiger partial charge on any atom is -0.397 e. The van der Waals surface area contributed by atoms with E-state index in [-0.39, 0.29) is 18.1 Å². The lowest BCUT2D eigenvalue weighted by Gasteiger charge is -2.41. The van der Waals surface area contributed by atoms with Crippen molar-refractivity contribution in [2.45, 2.75) is 44.8 Å². The molecule has 138 valence electrons. The molecule has 2 aliphatic rings. The van der Waals surface area contributed by atoms with Gasteiger partial charge < -0.3 is 26.0 Å². The molecule has 1 saturated carbocycles. The third-order valence-corrected chi connectivity index (χ3v) is 5.55. The molecule has 1 heterocycles. The molecule has 1 aliphatic heterocycles. The van der Waals surface area contributed by atoms with Crippen molar-refractivity contribution in [3.05, 3.63) is 17.7 Å². The fourth-order valence-electron chi connectivity index (χ4n) is 3.72. The van der Waals surface area contributed by atoms with E-state index in [2.05, 4.69) is 22.5 Å². The molecule has 0 bridgehead atoms. The minimum absolute atomic E-state index is 0.0234. The summed E-state index contributed by atoms with van der Waals surface area (Å²) in [7, 11) is 3.56. The van der Waals surface area contributed by atoms with E-state index in [9.17, 15) is 4.79 Å². The van der Waals surface area contributed by atoms with Crippen molar-refractivity contribution in [2.24, 2.45) is 5.92 Å². The number of benzene rings is 1. The number of nitrogens with zero attached hydrogens (tertiary/aromatic N) is 1. The standard InChI is InChI=1S/C19H30N4O2/c1-12-4-6-13(7-5-12)22-19(24)15-8-16(20)17(21-2)9-18(15)23-10-14(11-23)25-3/h8-9,12-14,21H,4-7,10-11,20H2,1-3H3,(H,22,24). The second-order valence-electron chi connectivity index (χ2n) is 7.40. The molecule has 0 spiro atoms. The fourth-order valence-corrected chi connectivity index (χ4v) is 3.72. The number of carbonyl (C=O) groups excluding carboxylic acids is 1. The number of amides is 1. The van der Waals surface area contributed by atoms with Gasteiger partial charge in [0.05, 0.1) is 28.7 Å². The Bertz CT molecular complexity index is 620. The summed E-state index contributed by atoms with van der Waals surface area (Å²) in [5, 5.41) is 6.32. The maximum Gasteiger partial charge on any atom is 0.253 e. The van der Waals surface area contributed by atoms with Crippen LogP contribution >= 0.6 is 0 Å². The lowest BCUT2D eigenvalue weighted by atomic mass is 9.87. The first kappa shape index (κ1) is 17.9. The van der Waals surface area contributed by atoms with Crippen LogP contribution in [-0.4, -0.2) is 45.3 Å². The van der Waals surface area contributed by atoms with Crippen molar-refractivity contribution >= 4 is 23.0 Å². The summed E-state index contributed by atoms with van der Waals surface area (Å²) in [5.74, 6) is 0.742. The second kappa shape index (κ2) is 7.52. The van der Waals surface area contributed by atoms with Crippen molar-refractivity contribution in [1.82, 2.24) is 5.32 Å². The summed E-state index contributed by atoms with van der Waals surface area (Å²) in [4.78, 5) is 15.1. The number of hydrogen-bond donors (Lipinski definition) is 3. The molecule has 1 aliphatic carbocycles. The van der Waals surface area contributed by atoms with E-state index in [1.54, 1.807) is 13.2 Å². The molecule has 1 saturated heterocycles. The predicted molar refractivity (Wildman–Crippen MR) is 102 cm³/mol. The third-order valence-electron chi connectivity index (χ3n) is 5.55. The Kier molecular flexibility index (Phi) is 5.37. The highest BCUT2D eigenvalue weighted by molar-refractivity contribution is 6.02. The Balaban J connectivity index is 1.78. The van der Waals surface area contributed by atoms with Crippen LogP contribution in [0.5, 0.6) is 0 Å². The van der Waals surface area contributed by atoms with Crippen molar-refractivity contribution in [3.8, 4) is 0 Å². The van der Waals surface area contributed by atoms with Crippen molar-refractivity contribution in [1.29, 1.82) is 0 Å². The molecule has 0 aromatic heterocycles. The lowest BCUT2D eigenvalue weighted by Crippen LogP contribution is -2.52. The van der Waals surface area contributed by atoms with Gasteiger partial charge in [0.15, 0.2) is 0 Å². The maximum atomic E-state index is 12.9. The third kappa shape index (κ3) is 3.84. The first-order chi connectivity index (χ1) is 12.0. The van der Waals surface area contributed by atoms with Crippen LogP contribution in [0.4, 0.5) is 17.1 Å². The lowest BCUT2D eigenvalue weighted by molar-refractivity contribution is 0.0782. The molecular weight excluding hydrogens is 316 g/mol. The smallest absolute Gasteiger partial charge is 0.253 e. The van der Waals surface area contributed by atoms with Gasteiger partial charge in [0.1, 0.15) is 0 Å². The number of hydrogen-bond acceptors (Lipinski definition) is 5. The second-order valence-corrected chi connectivity index (χ2v) is 7.40. The number of nitrogens with one attached hydrogen (secondary N) is 2.